The van der Waals surface area contributed by atoms with E-state index in [4.69, 9.17) is 37.3 Å². The predicted molar refractivity (Wildman–Crippen MR) is 154 cm³/mol. The number of esters is 1. The molecule has 1 unspecified atom stereocenters. The van der Waals surface area contributed by atoms with Crippen LogP contribution in [0.5, 0.6) is 0 Å². The fourth-order valence-electron chi connectivity index (χ4n) is 6.77. The van der Waals surface area contributed by atoms with Gasteiger partial charge in [-0.15, -0.1) is 0 Å². The number of fused-ring (bicyclic) bond motifs is 2. The molecule has 41 heavy (non-hydrogen) atoms. The second kappa shape index (κ2) is 12.8. The van der Waals surface area contributed by atoms with Gasteiger partial charge in [0.05, 0.1) is 43.0 Å². The lowest BCUT2D eigenvalue weighted by atomic mass is 9.88. The molecule has 0 amide bonds. The number of ether oxygens (including phenoxy) is 6. The average Bonchev–Trinajstić information content (AvgIpc) is 3.40. The Morgan fingerprint density at radius 1 is 1.00 bits per heavy atom. The van der Waals surface area contributed by atoms with Crippen LogP contribution in [0.3, 0.4) is 0 Å². The molecule has 0 aromatic carbocycles. The maximum absolute atomic E-state index is 12.2. The van der Waals surface area contributed by atoms with E-state index in [2.05, 4.69) is 27.7 Å². The summed E-state index contributed by atoms with van der Waals surface area (Å²) < 4.78 is 50.3. The number of carbonyl (C=O) groups is 1. The maximum Gasteiger partial charge on any atom is 0.343 e. The number of carbonyl (C=O) groups excluding carboxylic acids is 1. The Bertz CT molecular complexity index is 881. The molecule has 4 aliphatic heterocycles. The van der Waals surface area contributed by atoms with Gasteiger partial charge in [0.15, 0.2) is 5.79 Å². The van der Waals surface area contributed by atoms with Gasteiger partial charge in [-0.1, -0.05) is 27.7 Å². The fraction of sp³-hybridized carbons (Fsp3) is 0.967. The number of hydrogen-bond donors (Lipinski definition) is 1. The van der Waals surface area contributed by atoms with Crippen LogP contribution >= 0.6 is 0 Å². The Morgan fingerprint density at radius 3 is 2.24 bits per heavy atom. The third kappa shape index (κ3) is 7.20. The molecule has 10 nitrogen and oxygen atoms in total. The molecule has 0 radical (unpaired) electrons. The zero-order chi connectivity index (χ0) is 30.3. The summed E-state index contributed by atoms with van der Waals surface area (Å²) in [6.45, 7) is 18.7. The molecule has 4 aliphatic rings. The summed E-state index contributed by atoms with van der Waals surface area (Å²) in [6, 6.07) is 0. The Kier molecular flexibility index (Phi) is 10.4. The summed E-state index contributed by atoms with van der Waals surface area (Å²) in [7, 11) is -0.951. The molecular formula is C30H54O10Si. The molecule has 4 heterocycles. The van der Waals surface area contributed by atoms with E-state index in [0.717, 1.165) is 12.8 Å². The van der Waals surface area contributed by atoms with E-state index in [0.29, 0.717) is 19.4 Å². The number of aliphatic hydroxyl groups excluding tert-OH is 1. The summed E-state index contributed by atoms with van der Waals surface area (Å²) in [6.07, 6.45) is -1.24. The molecule has 0 aliphatic carbocycles. The van der Waals surface area contributed by atoms with Gasteiger partial charge in [-0.2, -0.15) is 0 Å². The fourth-order valence-corrected chi connectivity index (χ4v) is 10.4. The molecule has 4 fully saturated rings. The molecule has 11 heteroatoms. The van der Waals surface area contributed by atoms with Gasteiger partial charge in [0.2, 0.25) is 0 Å². The Hall–Kier alpha value is -0.633. The summed E-state index contributed by atoms with van der Waals surface area (Å²) in [5.74, 6) is -0.882. The van der Waals surface area contributed by atoms with Crippen LogP contribution in [0.4, 0.5) is 0 Å². The lowest BCUT2D eigenvalue weighted by Crippen LogP contribution is -2.62. The Morgan fingerprint density at radius 2 is 1.68 bits per heavy atom. The molecule has 0 aromatic heterocycles. The van der Waals surface area contributed by atoms with Gasteiger partial charge in [0.25, 0.3) is 0 Å². The quantitative estimate of drug-likeness (QED) is 0.288. The van der Waals surface area contributed by atoms with Crippen molar-refractivity contribution in [2.45, 2.75) is 160 Å². The first-order valence-corrected chi connectivity index (χ1v) is 17.4. The lowest BCUT2D eigenvalue weighted by molar-refractivity contribution is -0.260. The Balaban J connectivity index is 1.49. The van der Waals surface area contributed by atoms with Gasteiger partial charge in [-0.3, -0.25) is 4.79 Å². The largest absolute Gasteiger partial charge is 0.465 e. The molecule has 0 bridgehead atoms. The SMILES string of the molecule is CO[Si](O[C@@H]1[C@@H]2O[C@H]3CC[C@H](CCOC(=O)C(C)(C)C)O[C@@H]3[C@H](O)[C@@H]2O[C@@H]1CC1COC(C)(C)O1)(C(C)C)C(C)C. The van der Waals surface area contributed by atoms with Crippen molar-refractivity contribution in [3.63, 3.8) is 0 Å². The normalized spacial score (nSPS) is 37.3. The minimum atomic E-state index is -2.69. The van der Waals surface area contributed by atoms with Crippen LogP contribution in [0.1, 0.15) is 88.0 Å². The molecule has 0 aromatic rings. The zero-order valence-electron chi connectivity index (χ0n) is 26.7. The van der Waals surface area contributed by atoms with Gasteiger partial charge < -0.3 is 42.4 Å². The Labute approximate surface area is 247 Å². The van der Waals surface area contributed by atoms with Crippen molar-refractivity contribution in [2.24, 2.45) is 5.41 Å². The van der Waals surface area contributed by atoms with Gasteiger partial charge in [0, 0.05) is 20.0 Å². The van der Waals surface area contributed by atoms with Crippen LogP contribution < -0.4 is 0 Å². The summed E-state index contributed by atoms with van der Waals surface area (Å²) in [4.78, 5) is 12.2. The van der Waals surface area contributed by atoms with Gasteiger partial charge >= 0.3 is 14.5 Å². The van der Waals surface area contributed by atoms with Gasteiger partial charge in [-0.05, 0) is 58.5 Å². The molecule has 9 atom stereocenters. The number of rotatable bonds is 10. The zero-order valence-corrected chi connectivity index (χ0v) is 27.7. The molecule has 4 saturated heterocycles. The average molecular weight is 603 g/mol. The second-order valence-corrected chi connectivity index (χ2v) is 18.6. The number of aliphatic hydroxyl groups is 1. The highest BCUT2D eigenvalue weighted by atomic mass is 28.4. The molecule has 238 valence electrons. The van der Waals surface area contributed by atoms with Crippen LogP contribution in [-0.2, 0) is 42.1 Å². The smallest absolute Gasteiger partial charge is 0.343 e. The van der Waals surface area contributed by atoms with Crippen molar-refractivity contribution < 1.29 is 47.2 Å². The third-order valence-electron chi connectivity index (χ3n) is 8.94. The van der Waals surface area contributed by atoms with Crippen molar-refractivity contribution in [3.8, 4) is 0 Å². The summed E-state index contributed by atoms with van der Waals surface area (Å²) in [5.41, 5.74) is -0.148. The van der Waals surface area contributed by atoms with Crippen molar-refractivity contribution >= 4 is 14.5 Å². The van der Waals surface area contributed by atoms with E-state index >= 15 is 0 Å². The van der Waals surface area contributed by atoms with E-state index in [1.165, 1.54) is 0 Å². The first-order valence-electron chi connectivity index (χ1n) is 15.4. The van der Waals surface area contributed by atoms with Crippen molar-refractivity contribution in [3.05, 3.63) is 0 Å². The standard InChI is InChI=1S/C30H54O10Si/c1-17(2)41(33-10,18(3)4)40-25-22(15-20-16-35-30(8,9)39-20)38-26-23(31)24-21(37-27(25)26)12-11-19(36-24)13-14-34-28(32)29(5,6)7/h17-27,31H,11-16H2,1-10H3/t19-,20?,21+,22-,23+,24+,25+,26+,27+/m1/s1. The summed E-state index contributed by atoms with van der Waals surface area (Å²) >= 11 is 0. The van der Waals surface area contributed by atoms with Gasteiger partial charge in [0.1, 0.15) is 30.5 Å². The van der Waals surface area contributed by atoms with Crippen LogP contribution in [0.25, 0.3) is 0 Å². The highest BCUT2D eigenvalue weighted by Crippen LogP contribution is 2.45. The van der Waals surface area contributed by atoms with E-state index in [-0.39, 0.29) is 48.1 Å². The van der Waals surface area contributed by atoms with E-state index in [9.17, 15) is 9.90 Å². The third-order valence-corrected chi connectivity index (χ3v) is 13.4. The van der Waals surface area contributed by atoms with Crippen LogP contribution in [-0.4, -0.2) is 101 Å². The molecule has 0 saturated carbocycles. The minimum Gasteiger partial charge on any atom is -0.465 e. The summed E-state index contributed by atoms with van der Waals surface area (Å²) in [5, 5.41) is 11.6. The van der Waals surface area contributed by atoms with Gasteiger partial charge in [-0.25, -0.2) is 0 Å². The highest BCUT2D eigenvalue weighted by molar-refractivity contribution is 6.70. The minimum absolute atomic E-state index is 0.134. The van der Waals surface area contributed by atoms with Crippen molar-refractivity contribution in [2.75, 3.05) is 20.3 Å². The lowest BCUT2D eigenvalue weighted by Gasteiger charge is -2.47. The van der Waals surface area contributed by atoms with E-state index < -0.39 is 50.3 Å². The van der Waals surface area contributed by atoms with E-state index in [1.807, 2.05) is 34.6 Å². The molecular weight excluding hydrogens is 548 g/mol. The monoisotopic (exact) mass is 602 g/mol. The molecule has 0 spiro atoms. The first kappa shape index (κ1) is 33.3. The van der Waals surface area contributed by atoms with Crippen LogP contribution in [0.15, 0.2) is 0 Å². The maximum atomic E-state index is 12.2. The van der Waals surface area contributed by atoms with Crippen molar-refractivity contribution in [1.82, 2.24) is 0 Å². The van der Waals surface area contributed by atoms with Crippen LogP contribution in [0, 0.1) is 5.41 Å². The predicted octanol–water partition coefficient (Wildman–Crippen LogP) is 4.24. The van der Waals surface area contributed by atoms with Crippen molar-refractivity contribution in [1.29, 1.82) is 0 Å². The highest BCUT2D eigenvalue weighted by Gasteiger charge is 2.60. The second-order valence-electron chi connectivity index (χ2n) is 14.2. The van der Waals surface area contributed by atoms with Crippen LogP contribution in [0.2, 0.25) is 11.1 Å². The number of hydrogen-bond acceptors (Lipinski definition) is 10. The topological polar surface area (TPSA) is 111 Å². The molecule has 1 N–H and O–H groups in total. The molecule has 4 rings (SSSR count). The van der Waals surface area contributed by atoms with E-state index in [1.54, 1.807) is 7.11 Å². The first-order chi connectivity index (χ1) is 19.1.